The lowest BCUT2D eigenvalue weighted by atomic mass is 10.1. The Bertz CT molecular complexity index is 1030. The van der Waals surface area contributed by atoms with Gasteiger partial charge in [0.2, 0.25) is 0 Å². The second kappa shape index (κ2) is 6.99. The molecule has 0 bridgehead atoms. The molecule has 1 amide bonds. The quantitative estimate of drug-likeness (QED) is 0.824. The van der Waals surface area contributed by atoms with Gasteiger partial charge in [-0.3, -0.25) is 4.79 Å². The molecule has 8 heteroatoms. The number of fused-ring (bicyclic) bond motifs is 3. The summed E-state index contributed by atoms with van der Waals surface area (Å²) in [6.07, 6.45) is 1.37. The Kier molecular flexibility index (Phi) is 4.77. The topological polar surface area (TPSA) is 88.7 Å². The molecule has 28 heavy (non-hydrogen) atoms. The van der Waals surface area contributed by atoms with Crippen LogP contribution in [0.25, 0.3) is 10.9 Å². The van der Waals surface area contributed by atoms with Gasteiger partial charge in [0.25, 0.3) is 5.91 Å². The van der Waals surface area contributed by atoms with Crippen molar-refractivity contribution in [3.8, 4) is 11.5 Å². The standard InChI is InChI=1S/C20H26N2O5S/c1-4-22(14-6-7-28(24,25)11-14)20(23)16-10-15-17(26-5-2)9-13-8-12(3)27-19(13)18(15)21-16/h9-10,12,14,21H,4-8,11H2,1-3H3/t12-,14+/m0/s1. The Morgan fingerprint density at radius 1 is 1.36 bits per heavy atom. The molecule has 1 aromatic heterocycles. The van der Waals surface area contributed by atoms with Gasteiger partial charge in [0.05, 0.1) is 23.6 Å². The van der Waals surface area contributed by atoms with Crippen LogP contribution >= 0.6 is 0 Å². The molecule has 0 aliphatic carbocycles. The molecule has 4 rings (SSSR count). The van der Waals surface area contributed by atoms with Crippen molar-refractivity contribution in [2.75, 3.05) is 24.7 Å². The van der Waals surface area contributed by atoms with Crippen molar-refractivity contribution in [3.63, 3.8) is 0 Å². The van der Waals surface area contributed by atoms with Crippen LogP contribution in [0.3, 0.4) is 0 Å². The lowest BCUT2D eigenvalue weighted by molar-refractivity contribution is 0.0703. The van der Waals surface area contributed by atoms with Crippen molar-refractivity contribution in [1.82, 2.24) is 9.88 Å². The molecule has 2 aromatic rings. The smallest absolute Gasteiger partial charge is 0.270 e. The Morgan fingerprint density at radius 2 is 2.14 bits per heavy atom. The molecule has 1 N–H and O–H groups in total. The predicted molar refractivity (Wildman–Crippen MR) is 107 cm³/mol. The van der Waals surface area contributed by atoms with Gasteiger partial charge in [-0.05, 0) is 39.3 Å². The van der Waals surface area contributed by atoms with Crippen LogP contribution in [0.4, 0.5) is 0 Å². The number of hydrogen-bond acceptors (Lipinski definition) is 5. The monoisotopic (exact) mass is 406 g/mol. The van der Waals surface area contributed by atoms with E-state index in [1.165, 1.54) is 0 Å². The zero-order chi connectivity index (χ0) is 20.1. The highest BCUT2D eigenvalue weighted by Gasteiger charge is 2.35. The van der Waals surface area contributed by atoms with E-state index in [1.807, 2.05) is 26.8 Å². The third kappa shape index (κ3) is 3.23. The van der Waals surface area contributed by atoms with E-state index in [4.69, 9.17) is 9.47 Å². The molecular formula is C20H26N2O5S. The van der Waals surface area contributed by atoms with Crippen molar-refractivity contribution in [1.29, 1.82) is 0 Å². The minimum atomic E-state index is -3.06. The van der Waals surface area contributed by atoms with Gasteiger partial charge in [-0.15, -0.1) is 0 Å². The van der Waals surface area contributed by atoms with Crippen LogP contribution < -0.4 is 9.47 Å². The number of ether oxygens (including phenoxy) is 2. The maximum atomic E-state index is 13.2. The summed E-state index contributed by atoms with van der Waals surface area (Å²) in [6, 6.07) is 3.51. The van der Waals surface area contributed by atoms with E-state index >= 15 is 0 Å². The number of hydrogen-bond donors (Lipinski definition) is 1. The van der Waals surface area contributed by atoms with E-state index in [2.05, 4.69) is 4.98 Å². The Morgan fingerprint density at radius 3 is 2.79 bits per heavy atom. The molecule has 0 unspecified atom stereocenters. The highest BCUT2D eigenvalue weighted by Crippen LogP contribution is 2.41. The number of nitrogens with zero attached hydrogens (tertiary/aromatic N) is 1. The molecule has 152 valence electrons. The Balaban J connectivity index is 1.74. The summed E-state index contributed by atoms with van der Waals surface area (Å²) in [5, 5.41) is 0.813. The molecule has 7 nitrogen and oxygen atoms in total. The second-order valence-electron chi connectivity index (χ2n) is 7.55. The maximum absolute atomic E-state index is 13.2. The van der Waals surface area contributed by atoms with E-state index in [0.717, 1.165) is 34.4 Å². The zero-order valence-corrected chi connectivity index (χ0v) is 17.3. The maximum Gasteiger partial charge on any atom is 0.270 e. The van der Waals surface area contributed by atoms with Gasteiger partial charge in [0, 0.05) is 30.0 Å². The van der Waals surface area contributed by atoms with Gasteiger partial charge in [-0.1, -0.05) is 0 Å². The highest BCUT2D eigenvalue weighted by molar-refractivity contribution is 7.91. The molecule has 2 aliphatic heterocycles. The van der Waals surface area contributed by atoms with Gasteiger partial charge < -0.3 is 19.4 Å². The molecule has 1 fully saturated rings. The molecule has 0 saturated carbocycles. The number of aromatic nitrogens is 1. The summed E-state index contributed by atoms with van der Waals surface area (Å²) in [5.74, 6) is 1.49. The van der Waals surface area contributed by atoms with E-state index in [0.29, 0.717) is 25.3 Å². The third-order valence-electron chi connectivity index (χ3n) is 5.51. The lowest BCUT2D eigenvalue weighted by Crippen LogP contribution is -2.41. The van der Waals surface area contributed by atoms with Crippen LogP contribution in [-0.2, 0) is 16.3 Å². The van der Waals surface area contributed by atoms with Crippen LogP contribution in [-0.4, -0.2) is 61.0 Å². The number of H-pyrrole nitrogens is 1. The van der Waals surface area contributed by atoms with Crippen LogP contribution in [0.15, 0.2) is 12.1 Å². The third-order valence-corrected chi connectivity index (χ3v) is 7.26. The average Bonchev–Trinajstić information content (AvgIpc) is 3.32. The highest BCUT2D eigenvalue weighted by atomic mass is 32.2. The van der Waals surface area contributed by atoms with Crippen molar-refractivity contribution in [2.24, 2.45) is 0 Å². The van der Waals surface area contributed by atoms with Gasteiger partial charge in [0.15, 0.2) is 9.84 Å². The molecule has 2 aliphatic rings. The van der Waals surface area contributed by atoms with Gasteiger partial charge in [-0.2, -0.15) is 0 Å². The molecule has 3 heterocycles. The van der Waals surface area contributed by atoms with E-state index < -0.39 is 9.84 Å². The van der Waals surface area contributed by atoms with Gasteiger partial charge in [-0.25, -0.2) is 8.42 Å². The Hall–Kier alpha value is -2.22. The number of benzene rings is 1. The summed E-state index contributed by atoms with van der Waals surface area (Å²) in [5.41, 5.74) is 2.26. The minimum Gasteiger partial charge on any atom is -0.493 e. The second-order valence-corrected chi connectivity index (χ2v) is 9.78. The average molecular weight is 407 g/mol. The fraction of sp³-hybridized carbons (Fsp3) is 0.550. The van der Waals surface area contributed by atoms with Crippen molar-refractivity contribution >= 4 is 26.6 Å². The SMILES string of the molecule is CCOc1cc2c(c3[nH]c(C(=O)N(CC)[C@@H]4CCS(=O)(=O)C4)cc13)O[C@@H](C)C2. The van der Waals surface area contributed by atoms with Crippen molar-refractivity contribution < 1.29 is 22.7 Å². The summed E-state index contributed by atoms with van der Waals surface area (Å²) in [7, 11) is -3.06. The number of amides is 1. The normalized spacial score (nSPS) is 22.8. The number of carbonyl (C=O) groups is 1. The van der Waals surface area contributed by atoms with Gasteiger partial charge in [0.1, 0.15) is 23.3 Å². The van der Waals surface area contributed by atoms with Crippen molar-refractivity contribution in [2.45, 2.75) is 45.8 Å². The molecule has 0 radical (unpaired) electrons. The summed E-state index contributed by atoms with van der Waals surface area (Å²) < 4.78 is 35.5. The first-order valence-corrected chi connectivity index (χ1v) is 11.6. The molecule has 0 spiro atoms. The van der Waals surface area contributed by atoms with Crippen LogP contribution in [0.1, 0.15) is 43.2 Å². The summed E-state index contributed by atoms with van der Waals surface area (Å²) in [6.45, 7) is 6.80. The van der Waals surface area contributed by atoms with E-state index in [-0.39, 0.29) is 29.6 Å². The fourth-order valence-corrected chi connectivity index (χ4v) is 5.99. The van der Waals surface area contributed by atoms with Crippen LogP contribution in [0, 0.1) is 0 Å². The number of rotatable bonds is 5. The number of sulfone groups is 1. The molecule has 1 aromatic carbocycles. The van der Waals surface area contributed by atoms with Crippen LogP contribution in [0.2, 0.25) is 0 Å². The fourth-order valence-electron chi connectivity index (χ4n) is 4.26. The lowest BCUT2D eigenvalue weighted by Gasteiger charge is -2.26. The number of aromatic amines is 1. The number of carbonyl (C=O) groups excluding carboxylic acids is 1. The predicted octanol–water partition coefficient (Wildman–Crippen LogP) is 2.54. The molecular weight excluding hydrogens is 380 g/mol. The largest absolute Gasteiger partial charge is 0.493 e. The summed E-state index contributed by atoms with van der Waals surface area (Å²) >= 11 is 0. The Labute approximate surface area is 164 Å². The first-order valence-electron chi connectivity index (χ1n) is 9.82. The van der Waals surface area contributed by atoms with E-state index in [1.54, 1.807) is 11.0 Å². The van der Waals surface area contributed by atoms with Gasteiger partial charge >= 0.3 is 0 Å². The minimum absolute atomic E-state index is 0.0348. The molecule has 1 saturated heterocycles. The molecule has 2 atom stereocenters. The first-order chi connectivity index (χ1) is 13.3. The van der Waals surface area contributed by atoms with Crippen molar-refractivity contribution in [3.05, 3.63) is 23.4 Å². The summed E-state index contributed by atoms with van der Waals surface area (Å²) in [4.78, 5) is 18.1. The zero-order valence-electron chi connectivity index (χ0n) is 16.4. The first kappa shape index (κ1) is 19.1. The van der Waals surface area contributed by atoms with E-state index in [9.17, 15) is 13.2 Å². The number of nitrogens with one attached hydrogen (secondary N) is 1. The van der Waals surface area contributed by atoms with Crippen LogP contribution in [0.5, 0.6) is 11.5 Å².